The van der Waals surface area contributed by atoms with Gasteiger partial charge in [-0.15, -0.1) is 5.10 Å². The van der Waals surface area contributed by atoms with Gasteiger partial charge in [0, 0.05) is 13.7 Å². The van der Waals surface area contributed by atoms with Crippen molar-refractivity contribution in [2.24, 2.45) is 0 Å². The lowest BCUT2D eigenvalue weighted by molar-refractivity contribution is -0.0604. The zero-order chi connectivity index (χ0) is 13.0. The zero-order valence-corrected chi connectivity index (χ0v) is 11.3. The Morgan fingerprint density at radius 1 is 1.44 bits per heavy atom. The van der Waals surface area contributed by atoms with Crippen LogP contribution in [0.1, 0.15) is 45.0 Å². The Morgan fingerprint density at radius 3 is 2.78 bits per heavy atom. The molecule has 1 fully saturated rings. The molecule has 1 atom stereocenters. The molecule has 1 aromatic heterocycles. The number of aromatic nitrogens is 2. The molecule has 2 rings (SSSR count). The Hall–Kier alpha value is -1.14. The molecule has 0 bridgehead atoms. The summed E-state index contributed by atoms with van der Waals surface area (Å²) < 4.78 is 11.1. The van der Waals surface area contributed by atoms with E-state index in [1.54, 1.807) is 7.11 Å². The van der Waals surface area contributed by atoms with Gasteiger partial charge in [-0.1, -0.05) is 12.0 Å². The lowest BCUT2D eigenvalue weighted by Gasteiger charge is -2.40. The van der Waals surface area contributed by atoms with Crippen LogP contribution in [0.4, 0.5) is 6.01 Å². The molecule has 0 aromatic carbocycles. The van der Waals surface area contributed by atoms with Gasteiger partial charge in [0.05, 0.1) is 11.6 Å². The molecule has 6 nitrogen and oxygen atoms in total. The maximum atomic E-state index is 5.56. The predicted octanol–water partition coefficient (Wildman–Crippen LogP) is 1.72. The molecular formula is C12H22N4O2. The van der Waals surface area contributed by atoms with E-state index in [4.69, 9.17) is 9.15 Å². The first-order valence-electron chi connectivity index (χ1n) is 6.55. The van der Waals surface area contributed by atoms with Gasteiger partial charge in [-0.05, 0) is 32.7 Å². The van der Waals surface area contributed by atoms with Crippen LogP contribution >= 0.6 is 0 Å². The molecule has 6 heteroatoms. The van der Waals surface area contributed by atoms with Crippen molar-refractivity contribution in [3.8, 4) is 0 Å². The molecule has 0 radical (unpaired) electrons. The van der Waals surface area contributed by atoms with Crippen LogP contribution in [0.2, 0.25) is 0 Å². The van der Waals surface area contributed by atoms with E-state index < -0.39 is 0 Å². The smallest absolute Gasteiger partial charge is 0.315 e. The normalized spacial score (nSPS) is 19.3. The molecule has 1 aromatic rings. The molecule has 102 valence electrons. The van der Waals surface area contributed by atoms with E-state index in [-0.39, 0.29) is 11.6 Å². The Labute approximate surface area is 107 Å². The van der Waals surface area contributed by atoms with Crippen LogP contribution in [-0.4, -0.2) is 36.0 Å². The molecule has 18 heavy (non-hydrogen) atoms. The Morgan fingerprint density at radius 2 is 2.22 bits per heavy atom. The van der Waals surface area contributed by atoms with Gasteiger partial charge < -0.3 is 19.8 Å². The molecule has 0 saturated heterocycles. The van der Waals surface area contributed by atoms with E-state index in [1.807, 2.05) is 13.8 Å². The van der Waals surface area contributed by atoms with Gasteiger partial charge in [-0.3, -0.25) is 0 Å². The van der Waals surface area contributed by atoms with Crippen molar-refractivity contribution in [1.29, 1.82) is 0 Å². The van der Waals surface area contributed by atoms with E-state index in [2.05, 4.69) is 20.8 Å². The van der Waals surface area contributed by atoms with Gasteiger partial charge in [0.2, 0.25) is 5.89 Å². The first kappa shape index (κ1) is 13.3. The molecule has 2 N–H and O–H groups in total. The fraction of sp³-hybridized carbons (Fsp3) is 0.833. The number of rotatable bonds is 7. The molecule has 1 aliphatic carbocycles. The van der Waals surface area contributed by atoms with Crippen LogP contribution in [0.5, 0.6) is 0 Å². The van der Waals surface area contributed by atoms with E-state index in [0.29, 0.717) is 11.9 Å². The highest BCUT2D eigenvalue weighted by Gasteiger charge is 2.37. The first-order valence-corrected chi connectivity index (χ1v) is 6.55. The largest absolute Gasteiger partial charge is 0.406 e. The number of hydrogen-bond donors (Lipinski definition) is 2. The van der Waals surface area contributed by atoms with Crippen LogP contribution in [0.3, 0.4) is 0 Å². The minimum atomic E-state index is -0.0398. The summed E-state index contributed by atoms with van der Waals surface area (Å²) in [6.45, 7) is 5.65. The van der Waals surface area contributed by atoms with Gasteiger partial charge in [-0.25, -0.2) is 0 Å². The molecule has 1 saturated carbocycles. The monoisotopic (exact) mass is 254 g/mol. The van der Waals surface area contributed by atoms with Crippen molar-refractivity contribution in [1.82, 2.24) is 15.5 Å². The van der Waals surface area contributed by atoms with Crippen molar-refractivity contribution >= 4 is 6.01 Å². The number of methoxy groups -OCH3 is 1. The third-order valence-corrected chi connectivity index (χ3v) is 3.58. The van der Waals surface area contributed by atoms with Gasteiger partial charge >= 0.3 is 6.01 Å². The van der Waals surface area contributed by atoms with E-state index in [0.717, 1.165) is 25.9 Å². The summed E-state index contributed by atoms with van der Waals surface area (Å²) in [5.74, 6) is 0.611. The second-order valence-corrected chi connectivity index (χ2v) is 4.82. The average Bonchev–Trinajstić information content (AvgIpc) is 2.77. The third-order valence-electron chi connectivity index (χ3n) is 3.58. The number of nitrogens with zero attached hydrogens (tertiary/aromatic N) is 2. The summed E-state index contributed by atoms with van der Waals surface area (Å²) in [4.78, 5) is 0. The van der Waals surface area contributed by atoms with Gasteiger partial charge in [0.1, 0.15) is 0 Å². The minimum Gasteiger partial charge on any atom is -0.406 e. The zero-order valence-electron chi connectivity index (χ0n) is 11.3. The standard InChI is InChI=1S/C12H22N4O2/c1-4-13-9(2)10-15-16-11(18-10)14-8-12(17-3)6-5-7-12/h9,13H,4-8H2,1-3H3,(H,14,16). The molecule has 0 spiro atoms. The van der Waals surface area contributed by atoms with Crippen LogP contribution in [0, 0.1) is 0 Å². The minimum absolute atomic E-state index is 0.0398. The average molecular weight is 254 g/mol. The third kappa shape index (κ3) is 2.81. The quantitative estimate of drug-likeness (QED) is 0.772. The lowest BCUT2D eigenvalue weighted by atomic mass is 9.80. The van der Waals surface area contributed by atoms with Gasteiger partial charge in [0.25, 0.3) is 0 Å². The topological polar surface area (TPSA) is 72.2 Å². The SMILES string of the molecule is CCNC(C)c1nnc(NCC2(OC)CCC2)o1. The first-order chi connectivity index (χ1) is 8.69. The molecular weight excluding hydrogens is 232 g/mol. The number of anilines is 1. The van der Waals surface area contributed by atoms with Crippen LogP contribution in [0.25, 0.3) is 0 Å². The van der Waals surface area contributed by atoms with Crippen LogP contribution in [0.15, 0.2) is 4.42 Å². The Bertz CT molecular complexity index is 370. The van der Waals surface area contributed by atoms with Crippen molar-refractivity contribution in [2.45, 2.75) is 44.8 Å². The van der Waals surface area contributed by atoms with Crippen molar-refractivity contribution < 1.29 is 9.15 Å². The maximum absolute atomic E-state index is 5.56. The second-order valence-electron chi connectivity index (χ2n) is 4.82. The molecule has 1 unspecified atom stereocenters. The number of nitrogens with one attached hydrogen (secondary N) is 2. The predicted molar refractivity (Wildman–Crippen MR) is 68.5 cm³/mol. The van der Waals surface area contributed by atoms with Crippen LogP contribution in [-0.2, 0) is 4.74 Å². The summed E-state index contributed by atoms with van der Waals surface area (Å²) in [7, 11) is 1.76. The summed E-state index contributed by atoms with van der Waals surface area (Å²) in [6, 6.07) is 0.552. The van der Waals surface area contributed by atoms with E-state index in [9.17, 15) is 0 Å². The number of ether oxygens (including phenoxy) is 1. The maximum Gasteiger partial charge on any atom is 0.315 e. The summed E-state index contributed by atoms with van der Waals surface area (Å²) in [5.41, 5.74) is -0.0398. The highest BCUT2D eigenvalue weighted by atomic mass is 16.5. The van der Waals surface area contributed by atoms with Crippen molar-refractivity contribution in [2.75, 3.05) is 25.5 Å². The molecule has 0 aliphatic heterocycles. The van der Waals surface area contributed by atoms with E-state index >= 15 is 0 Å². The van der Waals surface area contributed by atoms with Crippen molar-refractivity contribution in [3.05, 3.63) is 5.89 Å². The molecule has 1 heterocycles. The van der Waals surface area contributed by atoms with Gasteiger partial charge in [0.15, 0.2) is 0 Å². The van der Waals surface area contributed by atoms with Crippen LogP contribution < -0.4 is 10.6 Å². The summed E-state index contributed by atoms with van der Waals surface area (Å²) >= 11 is 0. The van der Waals surface area contributed by atoms with Crippen molar-refractivity contribution in [3.63, 3.8) is 0 Å². The summed E-state index contributed by atoms with van der Waals surface area (Å²) in [6.07, 6.45) is 3.40. The fourth-order valence-electron chi connectivity index (χ4n) is 2.14. The fourth-order valence-corrected chi connectivity index (χ4v) is 2.14. The Kier molecular flexibility index (Phi) is 4.19. The summed E-state index contributed by atoms with van der Waals surface area (Å²) in [5, 5.41) is 14.4. The highest BCUT2D eigenvalue weighted by molar-refractivity contribution is 5.19. The number of hydrogen-bond acceptors (Lipinski definition) is 6. The highest BCUT2D eigenvalue weighted by Crippen LogP contribution is 2.35. The van der Waals surface area contributed by atoms with E-state index in [1.165, 1.54) is 6.42 Å². The Balaban J connectivity index is 1.86. The second kappa shape index (κ2) is 5.67. The van der Waals surface area contributed by atoms with Gasteiger partial charge in [-0.2, -0.15) is 0 Å². The molecule has 0 amide bonds. The molecule has 1 aliphatic rings. The lowest BCUT2D eigenvalue weighted by Crippen LogP contribution is -2.45.